The van der Waals surface area contributed by atoms with Crippen molar-refractivity contribution in [1.29, 1.82) is 0 Å². The largest absolute Gasteiger partial charge is 0.358 e. The van der Waals surface area contributed by atoms with E-state index in [0.717, 1.165) is 48.3 Å². The predicted molar refractivity (Wildman–Crippen MR) is 112 cm³/mol. The Hall–Kier alpha value is -2.81. The van der Waals surface area contributed by atoms with Gasteiger partial charge in [0.1, 0.15) is 16.6 Å². The van der Waals surface area contributed by atoms with Crippen molar-refractivity contribution in [2.45, 2.75) is 38.8 Å². The summed E-state index contributed by atoms with van der Waals surface area (Å²) < 4.78 is 14.9. The number of hydrogen-bond donors (Lipinski definition) is 1. The molecule has 0 radical (unpaired) electrons. The molecule has 1 saturated heterocycles. The number of anilines is 2. The van der Waals surface area contributed by atoms with Crippen LogP contribution in [-0.4, -0.2) is 39.1 Å². The molecule has 0 amide bonds. The molecule has 1 unspecified atom stereocenters. The van der Waals surface area contributed by atoms with Crippen LogP contribution >= 0.6 is 11.3 Å². The first-order chi connectivity index (χ1) is 14.1. The van der Waals surface area contributed by atoms with Crippen LogP contribution in [-0.2, 0) is 6.54 Å². The zero-order chi connectivity index (χ0) is 20.2. The number of nitrogens with one attached hydrogen (secondary N) is 1. The molecule has 7 nitrogen and oxygen atoms in total. The summed E-state index contributed by atoms with van der Waals surface area (Å²) in [7, 11) is 0. The van der Waals surface area contributed by atoms with E-state index in [9.17, 15) is 9.18 Å². The van der Waals surface area contributed by atoms with Crippen LogP contribution in [0.5, 0.6) is 0 Å². The molecular formula is C20H23FN6OS. The number of benzene rings is 1. The minimum atomic E-state index is -0.319. The number of piperidine rings is 1. The summed E-state index contributed by atoms with van der Waals surface area (Å²) in [6, 6.07) is 9.81. The van der Waals surface area contributed by atoms with Crippen molar-refractivity contribution in [2.24, 2.45) is 0 Å². The second kappa shape index (κ2) is 8.69. The molecule has 1 atom stereocenters. The second-order valence-corrected chi connectivity index (χ2v) is 8.35. The maximum atomic E-state index is 13.5. The fourth-order valence-electron chi connectivity index (χ4n) is 3.60. The highest BCUT2D eigenvalue weighted by molar-refractivity contribution is 7.15. The van der Waals surface area contributed by atoms with Gasteiger partial charge in [-0.05, 0) is 49.9 Å². The van der Waals surface area contributed by atoms with Gasteiger partial charge >= 0.3 is 0 Å². The minimum Gasteiger partial charge on any atom is -0.358 e. The highest BCUT2D eigenvalue weighted by Gasteiger charge is 2.24. The van der Waals surface area contributed by atoms with Gasteiger partial charge in [0, 0.05) is 25.2 Å². The average molecular weight is 415 g/mol. The number of nitrogens with zero attached hydrogens (tertiary/aromatic N) is 5. The third-order valence-corrected chi connectivity index (χ3v) is 5.81. The number of rotatable bonds is 6. The second-order valence-electron chi connectivity index (χ2n) is 7.17. The van der Waals surface area contributed by atoms with Crippen LogP contribution < -0.4 is 15.8 Å². The van der Waals surface area contributed by atoms with Gasteiger partial charge in [0.15, 0.2) is 0 Å². The Morgan fingerprint density at radius 2 is 2.14 bits per heavy atom. The first kappa shape index (κ1) is 19.5. The van der Waals surface area contributed by atoms with Gasteiger partial charge < -0.3 is 10.2 Å². The van der Waals surface area contributed by atoms with E-state index < -0.39 is 0 Å². The zero-order valence-electron chi connectivity index (χ0n) is 16.2. The van der Waals surface area contributed by atoms with Gasteiger partial charge in [-0.25, -0.2) is 9.07 Å². The maximum absolute atomic E-state index is 13.5. The van der Waals surface area contributed by atoms with Crippen molar-refractivity contribution in [3.63, 3.8) is 0 Å². The molecule has 1 N–H and O–H groups in total. The molecule has 0 aliphatic carbocycles. The van der Waals surface area contributed by atoms with Crippen molar-refractivity contribution >= 4 is 22.3 Å². The lowest BCUT2D eigenvalue weighted by atomic mass is 10.0. The van der Waals surface area contributed by atoms with Crippen LogP contribution in [0.1, 0.15) is 29.8 Å². The van der Waals surface area contributed by atoms with E-state index in [1.807, 2.05) is 6.92 Å². The molecule has 29 heavy (non-hydrogen) atoms. The Labute approximate surface area is 172 Å². The lowest BCUT2D eigenvalue weighted by Gasteiger charge is -2.36. The third kappa shape index (κ3) is 4.79. The number of halogens is 1. The van der Waals surface area contributed by atoms with Crippen molar-refractivity contribution in [1.82, 2.24) is 20.0 Å². The van der Waals surface area contributed by atoms with Crippen LogP contribution in [0.25, 0.3) is 0 Å². The summed E-state index contributed by atoms with van der Waals surface area (Å²) in [5, 5.41) is 17.9. The molecule has 1 aliphatic heterocycles. The fourth-order valence-corrected chi connectivity index (χ4v) is 4.20. The van der Waals surface area contributed by atoms with Gasteiger partial charge in [0.05, 0.1) is 6.54 Å². The van der Waals surface area contributed by atoms with E-state index in [4.69, 9.17) is 0 Å². The Bertz CT molecular complexity index is 1040. The Balaban J connectivity index is 1.52. The normalized spacial score (nSPS) is 16.8. The summed E-state index contributed by atoms with van der Waals surface area (Å²) in [6.07, 6.45) is 3.27. The third-order valence-electron chi connectivity index (χ3n) is 5.01. The van der Waals surface area contributed by atoms with Crippen LogP contribution in [0, 0.1) is 12.7 Å². The zero-order valence-corrected chi connectivity index (χ0v) is 17.0. The van der Waals surface area contributed by atoms with Gasteiger partial charge in [-0.1, -0.05) is 23.5 Å². The fraction of sp³-hybridized carbons (Fsp3) is 0.400. The summed E-state index contributed by atoms with van der Waals surface area (Å²) >= 11 is 1.54. The molecule has 1 aliphatic rings. The molecule has 0 saturated carbocycles. The number of hydrogen-bond acceptors (Lipinski definition) is 7. The molecule has 2 aromatic heterocycles. The molecule has 3 aromatic rings. The molecular weight excluding hydrogens is 391 g/mol. The van der Waals surface area contributed by atoms with Crippen molar-refractivity contribution < 1.29 is 4.39 Å². The van der Waals surface area contributed by atoms with E-state index in [-0.39, 0.29) is 24.0 Å². The highest BCUT2D eigenvalue weighted by Crippen LogP contribution is 2.23. The van der Waals surface area contributed by atoms with E-state index in [0.29, 0.717) is 5.56 Å². The highest BCUT2D eigenvalue weighted by atomic mass is 32.1. The van der Waals surface area contributed by atoms with Crippen LogP contribution in [0.15, 0.2) is 41.2 Å². The van der Waals surface area contributed by atoms with Crippen LogP contribution in [0.2, 0.25) is 0 Å². The molecule has 0 bridgehead atoms. The molecule has 9 heteroatoms. The van der Waals surface area contributed by atoms with Crippen molar-refractivity contribution in [3.05, 3.63) is 63.1 Å². The number of aromatic nitrogens is 4. The lowest BCUT2D eigenvalue weighted by molar-refractivity contribution is 0.463. The predicted octanol–water partition coefficient (Wildman–Crippen LogP) is 3.06. The van der Waals surface area contributed by atoms with E-state index >= 15 is 0 Å². The molecule has 3 heterocycles. The Morgan fingerprint density at radius 1 is 1.24 bits per heavy atom. The molecule has 0 spiro atoms. The lowest BCUT2D eigenvalue weighted by Crippen LogP contribution is -2.45. The molecule has 1 aromatic carbocycles. The first-order valence-electron chi connectivity index (χ1n) is 9.72. The number of aryl methyl sites for hydroxylation is 1. The van der Waals surface area contributed by atoms with E-state index in [1.54, 1.807) is 18.2 Å². The first-order valence-corrected chi connectivity index (χ1v) is 10.5. The van der Waals surface area contributed by atoms with Crippen molar-refractivity contribution in [3.8, 4) is 0 Å². The summed E-state index contributed by atoms with van der Waals surface area (Å²) in [5.41, 5.74) is 0.509. The summed E-state index contributed by atoms with van der Waals surface area (Å²) in [6.45, 7) is 3.79. The van der Waals surface area contributed by atoms with Gasteiger partial charge in [-0.3, -0.25) is 4.79 Å². The smallest absolute Gasteiger partial charge is 0.267 e. The van der Waals surface area contributed by atoms with Gasteiger partial charge in [-0.15, -0.1) is 10.2 Å². The maximum Gasteiger partial charge on any atom is 0.267 e. The quantitative estimate of drug-likeness (QED) is 0.668. The monoisotopic (exact) mass is 414 g/mol. The Morgan fingerprint density at radius 3 is 2.93 bits per heavy atom. The van der Waals surface area contributed by atoms with Crippen molar-refractivity contribution in [2.75, 3.05) is 23.3 Å². The molecule has 1 fully saturated rings. The van der Waals surface area contributed by atoms with Gasteiger partial charge in [0.2, 0.25) is 5.13 Å². The average Bonchev–Trinajstić information content (AvgIpc) is 3.14. The standard InChI is InChI=1S/C20H23FN6OS/c1-14-23-24-20(29-14)22-12-17-7-2-3-10-26(17)18-8-9-19(28)27(25-18)13-15-5-4-6-16(21)11-15/h4-6,8-9,11,17H,2-3,7,10,12-13H2,1H3,(H,22,24). The Kier molecular flexibility index (Phi) is 5.84. The minimum absolute atomic E-state index is 0.200. The molecule has 152 valence electrons. The molecule has 4 rings (SSSR count). The topological polar surface area (TPSA) is 75.9 Å². The van der Waals surface area contributed by atoms with Gasteiger partial charge in [-0.2, -0.15) is 5.10 Å². The van der Waals surface area contributed by atoms with Crippen LogP contribution in [0.3, 0.4) is 0 Å². The summed E-state index contributed by atoms with van der Waals surface area (Å²) in [5.74, 6) is 0.446. The van der Waals surface area contributed by atoms with Crippen LogP contribution in [0.4, 0.5) is 15.3 Å². The van der Waals surface area contributed by atoms with E-state index in [2.05, 4.69) is 25.5 Å². The SMILES string of the molecule is Cc1nnc(NCC2CCCCN2c2ccc(=O)n(Cc3cccc(F)c3)n2)s1. The van der Waals surface area contributed by atoms with E-state index in [1.165, 1.54) is 34.2 Å². The summed E-state index contributed by atoms with van der Waals surface area (Å²) in [4.78, 5) is 14.5. The van der Waals surface area contributed by atoms with Gasteiger partial charge in [0.25, 0.3) is 5.56 Å².